The van der Waals surface area contributed by atoms with E-state index in [1.807, 2.05) is 0 Å². The van der Waals surface area contributed by atoms with Gasteiger partial charge in [-0.15, -0.1) is 0 Å². The summed E-state index contributed by atoms with van der Waals surface area (Å²) in [5.74, 6) is -1.27. The number of halogens is 1. The molecule has 0 aliphatic carbocycles. The van der Waals surface area contributed by atoms with Gasteiger partial charge in [0.1, 0.15) is 0 Å². The standard InChI is InChI=1S/C15H21BrN2O3/c1-15(2,3)8-11(17)7-13(19)18-12-5-9(14(20)21)4-10(16)6-12/h4-6,11H,7-8,17H2,1-3H3,(H,18,19)(H,20,21). The number of hydrogen-bond acceptors (Lipinski definition) is 3. The maximum atomic E-state index is 11.9. The first kappa shape index (κ1) is 17.7. The molecule has 0 saturated heterocycles. The van der Waals surface area contributed by atoms with Gasteiger partial charge in [-0.05, 0) is 30.0 Å². The van der Waals surface area contributed by atoms with Gasteiger partial charge in [0.2, 0.25) is 5.91 Å². The Balaban J connectivity index is 2.69. The quantitative estimate of drug-likeness (QED) is 0.754. The average molecular weight is 357 g/mol. The van der Waals surface area contributed by atoms with Crippen molar-refractivity contribution in [3.8, 4) is 0 Å². The van der Waals surface area contributed by atoms with Crippen LogP contribution in [0.3, 0.4) is 0 Å². The monoisotopic (exact) mass is 356 g/mol. The van der Waals surface area contributed by atoms with Gasteiger partial charge >= 0.3 is 5.97 Å². The zero-order valence-corrected chi connectivity index (χ0v) is 14.0. The number of nitrogens with two attached hydrogens (primary N) is 1. The van der Waals surface area contributed by atoms with Crippen LogP contribution in [0.15, 0.2) is 22.7 Å². The third kappa shape index (κ3) is 6.73. The molecule has 0 aromatic heterocycles. The lowest BCUT2D eigenvalue weighted by molar-refractivity contribution is -0.116. The highest BCUT2D eigenvalue weighted by atomic mass is 79.9. The molecule has 0 aliphatic rings. The SMILES string of the molecule is CC(C)(C)CC(N)CC(=O)Nc1cc(Br)cc(C(=O)O)c1. The summed E-state index contributed by atoms with van der Waals surface area (Å²) in [7, 11) is 0. The van der Waals surface area contributed by atoms with E-state index < -0.39 is 5.97 Å². The van der Waals surface area contributed by atoms with E-state index in [4.69, 9.17) is 10.8 Å². The van der Waals surface area contributed by atoms with Gasteiger partial charge in [0.25, 0.3) is 0 Å². The Bertz CT molecular complexity index is 538. The summed E-state index contributed by atoms with van der Waals surface area (Å²) in [6.07, 6.45) is 0.936. The van der Waals surface area contributed by atoms with Crippen LogP contribution in [0.5, 0.6) is 0 Å². The first-order chi connectivity index (χ1) is 9.56. The number of rotatable bonds is 5. The Kier molecular flexibility index (Phi) is 5.92. The molecule has 1 aromatic carbocycles. The maximum Gasteiger partial charge on any atom is 0.335 e. The number of carboxylic acids is 1. The molecule has 0 aliphatic heterocycles. The molecule has 1 amide bonds. The molecule has 0 heterocycles. The molecule has 0 fully saturated rings. The summed E-state index contributed by atoms with van der Waals surface area (Å²) < 4.78 is 0.594. The van der Waals surface area contributed by atoms with Crippen LogP contribution < -0.4 is 11.1 Å². The summed E-state index contributed by atoms with van der Waals surface area (Å²) in [6.45, 7) is 6.20. The van der Waals surface area contributed by atoms with Crippen LogP contribution in [0.25, 0.3) is 0 Å². The Morgan fingerprint density at radius 1 is 1.33 bits per heavy atom. The molecule has 21 heavy (non-hydrogen) atoms. The molecule has 5 nitrogen and oxygen atoms in total. The molecule has 1 aromatic rings. The van der Waals surface area contributed by atoms with Gasteiger partial charge < -0.3 is 16.2 Å². The molecule has 116 valence electrons. The minimum atomic E-state index is -1.05. The summed E-state index contributed by atoms with van der Waals surface area (Å²) in [4.78, 5) is 22.9. The van der Waals surface area contributed by atoms with Gasteiger partial charge in [0.15, 0.2) is 0 Å². The first-order valence-electron chi connectivity index (χ1n) is 6.66. The zero-order chi connectivity index (χ0) is 16.2. The molecule has 0 saturated carbocycles. The van der Waals surface area contributed by atoms with E-state index in [0.29, 0.717) is 10.2 Å². The molecular weight excluding hydrogens is 336 g/mol. The van der Waals surface area contributed by atoms with Gasteiger partial charge in [-0.2, -0.15) is 0 Å². The van der Waals surface area contributed by atoms with Crippen LogP contribution >= 0.6 is 15.9 Å². The number of carbonyl (C=O) groups excluding carboxylic acids is 1. The Morgan fingerprint density at radius 3 is 2.48 bits per heavy atom. The van der Waals surface area contributed by atoms with Crippen LogP contribution in [0.2, 0.25) is 0 Å². The highest BCUT2D eigenvalue weighted by molar-refractivity contribution is 9.10. The van der Waals surface area contributed by atoms with Gasteiger partial charge in [0.05, 0.1) is 5.56 Å². The van der Waals surface area contributed by atoms with E-state index in [0.717, 1.165) is 6.42 Å². The van der Waals surface area contributed by atoms with Crippen LogP contribution in [0, 0.1) is 5.41 Å². The number of anilines is 1. The van der Waals surface area contributed by atoms with Crippen LogP contribution in [0.1, 0.15) is 44.0 Å². The lowest BCUT2D eigenvalue weighted by Crippen LogP contribution is -2.31. The summed E-state index contributed by atoms with van der Waals surface area (Å²) in [6, 6.07) is 4.32. The van der Waals surface area contributed by atoms with Crippen molar-refractivity contribution in [2.24, 2.45) is 11.1 Å². The third-order valence-electron chi connectivity index (χ3n) is 2.75. The van der Waals surface area contributed by atoms with Crippen LogP contribution in [0.4, 0.5) is 5.69 Å². The largest absolute Gasteiger partial charge is 0.478 e. The van der Waals surface area contributed by atoms with E-state index in [-0.39, 0.29) is 29.3 Å². The van der Waals surface area contributed by atoms with Crippen molar-refractivity contribution < 1.29 is 14.7 Å². The number of hydrogen-bond donors (Lipinski definition) is 3. The van der Waals surface area contributed by atoms with Crippen molar-refractivity contribution in [3.63, 3.8) is 0 Å². The third-order valence-corrected chi connectivity index (χ3v) is 3.21. The van der Waals surface area contributed by atoms with Crippen molar-refractivity contribution in [2.45, 2.75) is 39.7 Å². The number of aromatic carboxylic acids is 1. The summed E-state index contributed by atoms with van der Waals surface area (Å²) in [5, 5.41) is 11.7. The minimum Gasteiger partial charge on any atom is -0.478 e. The second-order valence-corrected chi connectivity index (χ2v) is 7.23. The van der Waals surface area contributed by atoms with E-state index in [1.54, 1.807) is 6.07 Å². The van der Waals surface area contributed by atoms with Gasteiger partial charge in [-0.3, -0.25) is 4.79 Å². The second-order valence-electron chi connectivity index (χ2n) is 6.31. The number of benzene rings is 1. The lowest BCUT2D eigenvalue weighted by Gasteiger charge is -2.22. The Labute approximate surface area is 133 Å². The fraction of sp³-hybridized carbons (Fsp3) is 0.467. The highest BCUT2D eigenvalue weighted by Crippen LogP contribution is 2.22. The fourth-order valence-corrected chi connectivity index (χ4v) is 2.59. The first-order valence-corrected chi connectivity index (χ1v) is 7.45. The lowest BCUT2D eigenvalue weighted by atomic mass is 9.87. The van der Waals surface area contributed by atoms with Crippen molar-refractivity contribution in [1.82, 2.24) is 0 Å². The number of carbonyl (C=O) groups is 2. The Hall–Kier alpha value is -1.40. The smallest absolute Gasteiger partial charge is 0.335 e. The van der Waals surface area contributed by atoms with Crippen molar-refractivity contribution in [3.05, 3.63) is 28.2 Å². The van der Waals surface area contributed by atoms with Crippen LogP contribution in [-0.4, -0.2) is 23.0 Å². The fourth-order valence-electron chi connectivity index (χ4n) is 2.09. The average Bonchev–Trinajstić information content (AvgIpc) is 2.24. The second kappa shape index (κ2) is 7.04. The van der Waals surface area contributed by atoms with E-state index >= 15 is 0 Å². The Morgan fingerprint density at radius 2 is 1.95 bits per heavy atom. The molecule has 6 heteroatoms. The molecule has 1 atom stereocenters. The van der Waals surface area contributed by atoms with Crippen molar-refractivity contribution >= 4 is 33.5 Å². The van der Waals surface area contributed by atoms with Crippen molar-refractivity contribution in [2.75, 3.05) is 5.32 Å². The number of amides is 1. The molecule has 1 rings (SSSR count). The van der Waals surface area contributed by atoms with Gasteiger partial charge in [-0.25, -0.2) is 4.79 Å². The summed E-state index contributed by atoms with van der Waals surface area (Å²) in [5.41, 5.74) is 6.57. The summed E-state index contributed by atoms with van der Waals surface area (Å²) >= 11 is 3.22. The molecular formula is C15H21BrN2O3. The van der Waals surface area contributed by atoms with E-state index in [1.165, 1.54) is 12.1 Å². The van der Waals surface area contributed by atoms with Crippen LogP contribution in [-0.2, 0) is 4.79 Å². The molecule has 1 unspecified atom stereocenters. The van der Waals surface area contributed by atoms with E-state index in [9.17, 15) is 9.59 Å². The molecule has 0 spiro atoms. The van der Waals surface area contributed by atoms with Gasteiger partial charge in [-0.1, -0.05) is 36.7 Å². The van der Waals surface area contributed by atoms with Gasteiger partial charge in [0, 0.05) is 22.6 Å². The normalized spacial score (nSPS) is 12.8. The topological polar surface area (TPSA) is 92.4 Å². The number of nitrogens with one attached hydrogen (secondary N) is 1. The minimum absolute atomic E-state index is 0.0615. The zero-order valence-electron chi connectivity index (χ0n) is 12.4. The molecule has 0 bridgehead atoms. The maximum absolute atomic E-state index is 11.9. The number of carboxylic acid groups (broad SMARTS) is 1. The molecule has 4 N–H and O–H groups in total. The highest BCUT2D eigenvalue weighted by Gasteiger charge is 2.18. The van der Waals surface area contributed by atoms with E-state index in [2.05, 4.69) is 42.0 Å². The predicted molar refractivity (Wildman–Crippen MR) is 86.4 cm³/mol. The predicted octanol–water partition coefficient (Wildman–Crippen LogP) is 3.24. The van der Waals surface area contributed by atoms with Crippen molar-refractivity contribution in [1.29, 1.82) is 0 Å². The molecule has 0 radical (unpaired) electrons.